The van der Waals surface area contributed by atoms with Gasteiger partial charge in [0.2, 0.25) is 0 Å². The predicted octanol–water partition coefficient (Wildman–Crippen LogP) is 7.05. The van der Waals surface area contributed by atoms with Crippen LogP contribution in [0.3, 0.4) is 0 Å². The Hall–Kier alpha value is -1.63. The van der Waals surface area contributed by atoms with E-state index in [2.05, 4.69) is 116 Å². The summed E-state index contributed by atoms with van der Waals surface area (Å²) in [5.74, 6) is 0.156. The fourth-order valence-corrected chi connectivity index (χ4v) is 16.5. The molecule has 0 spiro atoms. The molecule has 4 rings (SSSR count). The van der Waals surface area contributed by atoms with Crippen LogP contribution in [0.4, 0.5) is 0 Å². The summed E-state index contributed by atoms with van der Waals surface area (Å²) >= 11 is 0. The van der Waals surface area contributed by atoms with Gasteiger partial charge < -0.3 is 28.5 Å². The molecule has 2 aromatic rings. The molecule has 0 aliphatic heterocycles. The summed E-state index contributed by atoms with van der Waals surface area (Å²) in [6.45, 7) is 20.2. The second kappa shape index (κ2) is 15.5. The Labute approximate surface area is 287 Å². The Balaban J connectivity index is 1.94. The normalized spacial score (nSPS) is 29.8. The van der Waals surface area contributed by atoms with Crippen molar-refractivity contribution in [2.24, 2.45) is 17.8 Å². The largest absolute Gasteiger partial charge is 0.410 e. The summed E-state index contributed by atoms with van der Waals surface area (Å²) < 4.78 is 27.4. The van der Waals surface area contributed by atoms with Crippen LogP contribution in [0.2, 0.25) is 23.2 Å². The average molecular weight is 683 g/mol. The predicted molar refractivity (Wildman–Crippen MR) is 197 cm³/mol. The quantitative estimate of drug-likeness (QED) is 0.134. The van der Waals surface area contributed by atoms with Gasteiger partial charge in [-0.2, -0.15) is 0 Å². The number of fused-ring (bicyclic) bond motifs is 1. The lowest BCUT2D eigenvalue weighted by molar-refractivity contribution is -0.164. The van der Waals surface area contributed by atoms with Crippen molar-refractivity contribution in [3.05, 3.63) is 71.8 Å². The molecule has 0 radical (unpaired) electrons. The molecule has 0 aromatic heterocycles. The number of methoxy groups -OCH3 is 1. The Morgan fingerprint density at radius 3 is 1.89 bits per heavy atom. The van der Waals surface area contributed by atoms with Crippen LogP contribution in [-0.4, -0.2) is 71.3 Å². The van der Waals surface area contributed by atoms with Crippen LogP contribution in [0, 0.1) is 17.8 Å². The zero-order valence-corrected chi connectivity index (χ0v) is 32.7. The van der Waals surface area contributed by atoms with Gasteiger partial charge in [-0.1, -0.05) is 109 Å². The average Bonchev–Trinajstić information content (AvgIpc) is 3.36. The van der Waals surface area contributed by atoms with Gasteiger partial charge in [-0.15, -0.1) is 0 Å². The molecule has 2 aromatic carbocycles. The van der Waals surface area contributed by atoms with Gasteiger partial charge in [0, 0.05) is 19.6 Å². The fourth-order valence-electron chi connectivity index (χ4n) is 8.88. The monoisotopic (exact) mass is 682 g/mol. The smallest absolute Gasteiger partial charge is 0.261 e. The summed E-state index contributed by atoms with van der Waals surface area (Å²) in [7, 11) is -3.35. The Kier molecular flexibility index (Phi) is 12.6. The van der Waals surface area contributed by atoms with Crippen LogP contribution in [0.5, 0.6) is 0 Å². The molecule has 1 unspecified atom stereocenters. The molecule has 7 atom stereocenters. The number of aliphatic hydroxyl groups excluding tert-OH is 2. The van der Waals surface area contributed by atoms with Crippen LogP contribution in [-0.2, 0) is 18.3 Å². The third kappa shape index (κ3) is 7.31. The van der Waals surface area contributed by atoms with E-state index < -0.39 is 28.3 Å². The van der Waals surface area contributed by atoms with Crippen LogP contribution in [0.1, 0.15) is 75.2 Å². The van der Waals surface area contributed by atoms with Gasteiger partial charge in [-0.05, 0) is 82.7 Å². The zero-order chi connectivity index (χ0) is 34.6. The molecule has 6 nitrogen and oxygen atoms in total. The van der Waals surface area contributed by atoms with E-state index in [4.69, 9.17) is 18.3 Å². The van der Waals surface area contributed by atoms with E-state index in [-0.39, 0.29) is 48.4 Å². The third-order valence-corrected chi connectivity index (χ3v) is 21.5. The summed E-state index contributed by atoms with van der Waals surface area (Å²) in [4.78, 5) is 0. The number of ether oxygens (including phenoxy) is 2. The first-order valence-corrected chi connectivity index (χ1v) is 22.3. The highest BCUT2D eigenvalue weighted by atomic mass is 28.4. The highest BCUT2D eigenvalue weighted by molar-refractivity contribution is 6.99. The minimum absolute atomic E-state index is 0.0187. The fraction of sp³-hybridized carbons (Fsp3) is 0.641. The number of aliphatic hydroxyl groups is 2. The van der Waals surface area contributed by atoms with Crippen LogP contribution in [0.15, 0.2) is 71.8 Å². The first kappa shape index (κ1) is 38.2. The molecule has 0 bridgehead atoms. The molecule has 0 amide bonds. The van der Waals surface area contributed by atoms with Crippen molar-refractivity contribution >= 4 is 27.0 Å². The minimum atomic E-state index is -2.85. The molecule has 2 aliphatic rings. The maximum Gasteiger partial charge on any atom is 0.261 e. The van der Waals surface area contributed by atoms with Crippen molar-refractivity contribution in [3.63, 3.8) is 0 Å². The highest BCUT2D eigenvalue weighted by Gasteiger charge is 2.61. The van der Waals surface area contributed by atoms with Crippen molar-refractivity contribution in [2.45, 2.75) is 122 Å². The van der Waals surface area contributed by atoms with Gasteiger partial charge in [0.1, 0.15) is 6.79 Å². The second-order valence-corrected chi connectivity index (χ2v) is 24.3. The zero-order valence-electron chi connectivity index (χ0n) is 30.7. The molecule has 0 heterocycles. The van der Waals surface area contributed by atoms with Gasteiger partial charge in [-0.25, -0.2) is 0 Å². The lowest BCUT2D eigenvalue weighted by Crippen LogP contribution is -2.68. The van der Waals surface area contributed by atoms with E-state index in [1.807, 2.05) is 6.92 Å². The highest BCUT2D eigenvalue weighted by Crippen LogP contribution is 2.55. The van der Waals surface area contributed by atoms with Crippen molar-refractivity contribution in [2.75, 3.05) is 20.5 Å². The Morgan fingerprint density at radius 2 is 1.45 bits per heavy atom. The van der Waals surface area contributed by atoms with Crippen LogP contribution < -0.4 is 10.4 Å². The Morgan fingerprint density at radius 1 is 0.915 bits per heavy atom. The van der Waals surface area contributed by atoms with Crippen molar-refractivity contribution in [3.8, 4) is 0 Å². The van der Waals surface area contributed by atoms with Gasteiger partial charge >= 0.3 is 0 Å². The maximum absolute atomic E-state index is 12.0. The van der Waals surface area contributed by atoms with E-state index in [1.54, 1.807) is 7.11 Å². The van der Waals surface area contributed by atoms with E-state index in [9.17, 15) is 10.2 Å². The molecule has 2 N–H and O–H groups in total. The van der Waals surface area contributed by atoms with Crippen LogP contribution in [0.25, 0.3) is 0 Å². The summed E-state index contributed by atoms with van der Waals surface area (Å²) in [6.07, 6.45) is -0.000868. The maximum atomic E-state index is 12.0. The molecule has 262 valence electrons. The second-order valence-electron chi connectivity index (χ2n) is 15.4. The number of benzene rings is 2. The first-order chi connectivity index (χ1) is 22.3. The Bertz CT molecular complexity index is 1260. The summed E-state index contributed by atoms with van der Waals surface area (Å²) in [6, 6.07) is 24.7. The number of hydrogen-bond donors (Lipinski definition) is 2. The summed E-state index contributed by atoms with van der Waals surface area (Å²) in [5.41, 5.74) is 0.954. The standard InChI is InChI=1S/C39H62O6Si2/c1-11-46(12-2,13-3)45-37-35(28(4)26-40)33(41)25-39(9,43-27-42-10)32-24-34(29(5)36(32)37)44-47(38(6,7)8,30-20-16-14-17-21-30)31-22-18-15-19-23-31/h14-23,29,32-34,36-37,40-41H,11-13,24-27H2,1-10H3/b35-28+/t29?,32-,33-,34-,36+,37+,39-/m0/s1. The van der Waals surface area contributed by atoms with E-state index in [1.165, 1.54) is 10.4 Å². The van der Waals surface area contributed by atoms with Gasteiger partial charge in [-0.3, -0.25) is 0 Å². The summed E-state index contributed by atoms with van der Waals surface area (Å²) in [5, 5.41) is 24.9. The van der Waals surface area contributed by atoms with E-state index >= 15 is 0 Å². The van der Waals surface area contributed by atoms with Gasteiger partial charge in [0.15, 0.2) is 8.32 Å². The van der Waals surface area contributed by atoms with E-state index in [0.29, 0.717) is 6.42 Å². The molecule has 47 heavy (non-hydrogen) atoms. The van der Waals surface area contributed by atoms with Gasteiger partial charge in [0.05, 0.1) is 24.4 Å². The van der Waals surface area contributed by atoms with Crippen LogP contribution >= 0.6 is 0 Å². The lowest BCUT2D eigenvalue weighted by Gasteiger charge is -2.46. The lowest BCUT2D eigenvalue weighted by atomic mass is 9.76. The number of hydrogen-bond acceptors (Lipinski definition) is 6. The molecule has 0 saturated heterocycles. The number of rotatable bonds is 13. The van der Waals surface area contributed by atoms with Crippen molar-refractivity contribution < 1.29 is 28.5 Å². The molecule has 8 heteroatoms. The van der Waals surface area contributed by atoms with Crippen molar-refractivity contribution in [1.82, 2.24) is 0 Å². The SMILES string of the molecule is CC[Si](CC)(CC)O[C@@H]1/C(=C(\C)CO)[C@@H](O)C[C@](C)(OCOC)[C@H]2C[C@H](O[Si](c3ccccc3)(c3ccccc3)C(C)(C)C)C(C)[C@@H]12. The molecule has 2 fully saturated rings. The van der Waals surface area contributed by atoms with Gasteiger partial charge in [0.25, 0.3) is 8.32 Å². The van der Waals surface area contributed by atoms with Crippen molar-refractivity contribution in [1.29, 1.82) is 0 Å². The first-order valence-electron chi connectivity index (χ1n) is 17.9. The molecule has 2 saturated carbocycles. The topological polar surface area (TPSA) is 77.4 Å². The molecular formula is C39H62O6Si2. The molecular weight excluding hydrogens is 621 g/mol. The minimum Gasteiger partial charge on any atom is -0.410 e. The van der Waals surface area contributed by atoms with E-state index in [0.717, 1.165) is 35.7 Å². The third-order valence-electron chi connectivity index (χ3n) is 11.8. The molecule has 2 aliphatic carbocycles.